The number of carboxylic acid groups (broad SMARTS) is 1. The highest BCUT2D eigenvalue weighted by molar-refractivity contribution is 5.91. The van der Waals surface area contributed by atoms with Crippen LogP contribution >= 0.6 is 0 Å². The molecule has 0 radical (unpaired) electrons. The first-order chi connectivity index (χ1) is 11.5. The number of nitrogens with zero attached hydrogens (tertiary/aromatic N) is 2. The van der Waals surface area contributed by atoms with Crippen LogP contribution in [0.2, 0.25) is 0 Å². The first-order valence-corrected chi connectivity index (χ1v) is 8.25. The number of aromatic carboxylic acids is 1. The second-order valence-electron chi connectivity index (χ2n) is 6.13. The number of benzene rings is 1. The second-order valence-corrected chi connectivity index (χ2v) is 6.13. The van der Waals surface area contributed by atoms with Crippen molar-refractivity contribution in [2.45, 2.75) is 51.6 Å². The maximum atomic E-state index is 14.4. The van der Waals surface area contributed by atoms with Crippen molar-refractivity contribution in [2.75, 3.05) is 5.32 Å². The Kier molecular flexibility index (Phi) is 4.51. The summed E-state index contributed by atoms with van der Waals surface area (Å²) in [6, 6.07) is 2.89. The summed E-state index contributed by atoms with van der Waals surface area (Å²) in [5, 5.41) is 16.2. The molecule has 7 heteroatoms. The Labute approximate surface area is 138 Å². The third kappa shape index (κ3) is 2.98. The predicted octanol–water partition coefficient (Wildman–Crippen LogP) is 3.00. The Morgan fingerprint density at radius 3 is 2.71 bits per heavy atom. The molecule has 2 N–H and O–H groups in total. The van der Waals surface area contributed by atoms with Gasteiger partial charge in [-0.1, -0.05) is 19.3 Å². The first kappa shape index (κ1) is 16.4. The number of fused-ring (bicyclic) bond motifs is 1. The topological polar surface area (TPSA) is 84.2 Å². The van der Waals surface area contributed by atoms with E-state index in [-0.39, 0.29) is 11.4 Å². The highest BCUT2D eigenvalue weighted by Gasteiger charge is 2.20. The van der Waals surface area contributed by atoms with Gasteiger partial charge in [-0.25, -0.2) is 9.18 Å². The van der Waals surface area contributed by atoms with E-state index in [1.54, 1.807) is 13.0 Å². The van der Waals surface area contributed by atoms with Crippen LogP contribution in [0.5, 0.6) is 0 Å². The van der Waals surface area contributed by atoms with E-state index in [4.69, 9.17) is 5.11 Å². The van der Waals surface area contributed by atoms with Crippen molar-refractivity contribution < 1.29 is 14.3 Å². The molecule has 0 amide bonds. The molecule has 1 aliphatic rings. The molecule has 0 atom stereocenters. The van der Waals surface area contributed by atoms with Gasteiger partial charge < -0.3 is 10.4 Å². The van der Waals surface area contributed by atoms with Crippen LogP contribution in [0.3, 0.4) is 0 Å². The minimum absolute atomic E-state index is 0.0379. The van der Waals surface area contributed by atoms with Crippen LogP contribution < -0.4 is 10.7 Å². The number of aromatic nitrogens is 2. The van der Waals surface area contributed by atoms with E-state index >= 15 is 0 Å². The summed E-state index contributed by atoms with van der Waals surface area (Å²) < 4.78 is 15.9. The van der Waals surface area contributed by atoms with E-state index < -0.39 is 22.9 Å². The van der Waals surface area contributed by atoms with E-state index in [1.807, 2.05) is 0 Å². The Hall–Kier alpha value is -2.44. The minimum atomic E-state index is -1.41. The van der Waals surface area contributed by atoms with Crippen LogP contribution in [0.4, 0.5) is 10.1 Å². The molecule has 3 rings (SSSR count). The Balaban J connectivity index is 2.10. The molecule has 2 aromatic rings. The second kappa shape index (κ2) is 6.59. The van der Waals surface area contributed by atoms with Crippen molar-refractivity contribution in [2.24, 2.45) is 0 Å². The summed E-state index contributed by atoms with van der Waals surface area (Å²) in [4.78, 5) is 23.4. The number of anilines is 1. The SMILES string of the molecule is CCn1nc(C(=O)O)c(=O)c2cc(F)c(NC3CCCCC3)cc21. The summed E-state index contributed by atoms with van der Waals surface area (Å²) >= 11 is 0. The molecule has 1 fully saturated rings. The van der Waals surface area contributed by atoms with Crippen LogP contribution in [-0.2, 0) is 6.54 Å². The maximum absolute atomic E-state index is 14.4. The number of hydrogen-bond acceptors (Lipinski definition) is 4. The first-order valence-electron chi connectivity index (χ1n) is 8.25. The lowest BCUT2D eigenvalue weighted by molar-refractivity contribution is 0.0686. The van der Waals surface area contributed by atoms with Crippen LogP contribution in [0.15, 0.2) is 16.9 Å². The fourth-order valence-corrected chi connectivity index (χ4v) is 3.26. The number of aryl methyl sites for hydroxylation is 1. The summed E-state index contributed by atoms with van der Waals surface area (Å²) in [6.07, 6.45) is 5.43. The van der Waals surface area contributed by atoms with Gasteiger partial charge in [-0.05, 0) is 31.9 Å². The molecule has 24 heavy (non-hydrogen) atoms. The largest absolute Gasteiger partial charge is 0.476 e. The lowest BCUT2D eigenvalue weighted by atomic mass is 9.95. The third-order valence-corrected chi connectivity index (χ3v) is 4.51. The number of nitrogens with one attached hydrogen (secondary N) is 1. The van der Waals surface area contributed by atoms with Gasteiger partial charge in [-0.15, -0.1) is 0 Å². The molecule has 0 spiro atoms. The van der Waals surface area contributed by atoms with E-state index in [0.717, 1.165) is 31.7 Å². The molecule has 1 aromatic carbocycles. The molecule has 1 heterocycles. The number of halogens is 1. The normalized spacial score (nSPS) is 15.6. The minimum Gasteiger partial charge on any atom is -0.476 e. The fraction of sp³-hybridized carbons (Fsp3) is 0.471. The zero-order valence-electron chi connectivity index (χ0n) is 13.5. The predicted molar refractivity (Wildman–Crippen MR) is 89.1 cm³/mol. The van der Waals surface area contributed by atoms with Crippen molar-refractivity contribution in [3.8, 4) is 0 Å². The number of hydrogen-bond donors (Lipinski definition) is 2. The zero-order chi connectivity index (χ0) is 17.3. The molecule has 0 saturated heterocycles. The standard InChI is InChI=1S/C17H20FN3O3/c1-2-21-14-9-13(19-10-6-4-3-5-7-10)12(18)8-11(14)16(22)15(20-21)17(23)24/h8-10,19H,2-7H2,1H3,(H,23,24). The molecule has 0 bridgehead atoms. The zero-order valence-corrected chi connectivity index (χ0v) is 13.5. The van der Waals surface area contributed by atoms with Gasteiger partial charge in [-0.3, -0.25) is 9.48 Å². The van der Waals surface area contributed by atoms with Gasteiger partial charge >= 0.3 is 5.97 Å². The van der Waals surface area contributed by atoms with E-state index in [9.17, 15) is 14.0 Å². The molecule has 128 valence electrons. The molecule has 1 aromatic heterocycles. The molecule has 1 aliphatic carbocycles. The van der Waals surface area contributed by atoms with Gasteiger partial charge in [0.2, 0.25) is 11.1 Å². The highest BCUT2D eigenvalue weighted by Crippen LogP contribution is 2.26. The lowest BCUT2D eigenvalue weighted by Crippen LogP contribution is -2.25. The van der Waals surface area contributed by atoms with E-state index in [0.29, 0.717) is 17.7 Å². The summed E-state index contributed by atoms with van der Waals surface area (Å²) in [6.45, 7) is 2.17. The number of carbonyl (C=O) groups is 1. The van der Waals surface area contributed by atoms with Crippen LogP contribution in [0, 0.1) is 5.82 Å². The van der Waals surface area contributed by atoms with Crippen molar-refractivity contribution in [3.63, 3.8) is 0 Å². The lowest BCUT2D eigenvalue weighted by Gasteiger charge is -2.24. The van der Waals surface area contributed by atoms with Crippen molar-refractivity contribution in [3.05, 3.63) is 33.9 Å². The highest BCUT2D eigenvalue weighted by atomic mass is 19.1. The quantitative estimate of drug-likeness (QED) is 0.898. The summed E-state index contributed by atoms with van der Waals surface area (Å²) in [5.74, 6) is -1.95. The Bertz CT molecular complexity index is 841. The third-order valence-electron chi connectivity index (χ3n) is 4.51. The molecular formula is C17H20FN3O3. The van der Waals surface area contributed by atoms with E-state index in [1.165, 1.54) is 11.1 Å². The molecular weight excluding hydrogens is 313 g/mol. The molecule has 0 unspecified atom stereocenters. The molecule has 6 nitrogen and oxygen atoms in total. The number of rotatable bonds is 4. The average Bonchev–Trinajstić information content (AvgIpc) is 2.57. The van der Waals surface area contributed by atoms with Crippen molar-refractivity contribution in [1.82, 2.24) is 9.78 Å². The Morgan fingerprint density at radius 2 is 2.08 bits per heavy atom. The van der Waals surface area contributed by atoms with Gasteiger partial charge in [0.15, 0.2) is 0 Å². The van der Waals surface area contributed by atoms with E-state index in [2.05, 4.69) is 10.4 Å². The smallest absolute Gasteiger partial charge is 0.360 e. The maximum Gasteiger partial charge on any atom is 0.360 e. The van der Waals surface area contributed by atoms with Gasteiger partial charge in [0, 0.05) is 12.6 Å². The number of carboxylic acids is 1. The van der Waals surface area contributed by atoms with Crippen LogP contribution in [-0.4, -0.2) is 26.9 Å². The summed E-state index contributed by atoms with van der Waals surface area (Å²) in [7, 11) is 0. The van der Waals surface area contributed by atoms with Crippen molar-refractivity contribution >= 4 is 22.6 Å². The van der Waals surface area contributed by atoms with Gasteiger partial charge in [0.25, 0.3) is 0 Å². The average molecular weight is 333 g/mol. The molecule has 1 saturated carbocycles. The monoisotopic (exact) mass is 333 g/mol. The Morgan fingerprint density at radius 1 is 1.38 bits per heavy atom. The van der Waals surface area contributed by atoms with Crippen molar-refractivity contribution in [1.29, 1.82) is 0 Å². The molecule has 0 aliphatic heterocycles. The fourth-order valence-electron chi connectivity index (χ4n) is 3.26. The van der Waals surface area contributed by atoms with Crippen LogP contribution in [0.25, 0.3) is 10.9 Å². The summed E-state index contributed by atoms with van der Waals surface area (Å²) in [5.41, 5.74) is -0.574. The van der Waals surface area contributed by atoms with Gasteiger partial charge in [0.05, 0.1) is 16.6 Å². The van der Waals surface area contributed by atoms with Gasteiger partial charge in [0.1, 0.15) is 5.82 Å². The van der Waals surface area contributed by atoms with Crippen LogP contribution in [0.1, 0.15) is 49.5 Å². The van der Waals surface area contributed by atoms with Gasteiger partial charge in [-0.2, -0.15) is 5.10 Å².